The Morgan fingerprint density at radius 3 is 2.74 bits per heavy atom. The number of aliphatic hydroxyl groups excluding tert-OH is 1. The second-order valence-electron chi connectivity index (χ2n) is 5.72. The third-order valence-corrected chi connectivity index (χ3v) is 5.11. The summed E-state index contributed by atoms with van der Waals surface area (Å²) in [5.74, 6) is 1.23. The predicted octanol–water partition coefficient (Wildman–Crippen LogP) is 5.11. The van der Waals surface area contributed by atoms with Gasteiger partial charge in [-0.25, -0.2) is 0 Å². The highest BCUT2D eigenvalue weighted by Gasteiger charge is 2.26. The molecule has 19 heavy (non-hydrogen) atoms. The number of hydrogen-bond acceptors (Lipinski definition) is 1. The van der Waals surface area contributed by atoms with Crippen LogP contribution in [0.3, 0.4) is 0 Å². The summed E-state index contributed by atoms with van der Waals surface area (Å²) in [7, 11) is 0. The maximum Gasteiger partial charge on any atom is 0.0608 e. The van der Waals surface area contributed by atoms with E-state index in [4.69, 9.17) is 23.2 Å². The van der Waals surface area contributed by atoms with Crippen molar-refractivity contribution in [2.24, 2.45) is 11.8 Å². The molecule has 3 unspecified atom stereocenters. The number of hydrogen-bond donors (Lipinski definition) is 1. The monoisotopic (exact) mass is 300 g/mol. The van der Waals surface area contributed by atoms with Gasteiger partial charge in [-0.2, -0.15) is 0 Å². The van der Waals surface area contributed by atoms with Crippen LogP contribution in [0, 0.1) is 11.8 Å². The smallest absolute Gasteiger partial charge is 0.0608 e. The number of aliphatic hydroxyl groups is 1. The molecule has 2 rings (SSSR count). The summed E-state index contributed by atoms with van der Waals surface area (Å²) in [5, 5.41) is 11.6. The normalized spacial score (nSPS) is 25.3. The van der Waals surface area contributed by atoms with Crippen LogP contribution < -0.4 is 0 Å². The van der Waals surface area contributed by atoms with E-state index in [0.717, 1.165) is 17.9 Å². The molecule has 0 spiro atoms. The van der Waals surface area contributed by atoms with E-state index in [0.29, 0.717) is 22.4 Å². The van der Waals surface area contributed by atoms with Gasteiger partial charge in [0.25, 0.3) is 0 Å². The van der Waals surface area contributed by atoms with Crippen molar-refractivity contribution in [1.29, 1.82) is 0 Å². The van der Waals surface area contributed by atoms with Crippen molar-refractivity contribution < 1.29 is 5.11 Å². The van der Waals surface area contributed by atoms with Gasteiger partial charge in [-0.3, -0.25) is 0 Å². The lowest BCUT2D eigenvalue weighted by atomic mass is 9.76. The Kier molecular flexibility index (Phi) is 5.56. The summed E-state index contributed by atoms with van der Waals surface area (Å²) in [6.45, 7) is 2.25. The molecule has 1 N–H and O–H groups in total. The predicted molar refractivity (Wildman–Crippen MR) is 81.9 cm³/mol. The molecule has 0 amide bonds. The van der Waals surface area contributed by atoms with Crippen molar-refractivity contribution in [1.82, 2.24) is 0 Å². The molecule has 3 heteroatoms. The Bertz CT molecular complexity index is 419. The molecule has 3 atom stereocenters. The van der Waals surface area contributed by atoms with Gasteiger partial charge < -0.3 is 5.11 Å². The molecule has 0 saturated heterocycles. The molecular weight excluding hydrogens is 279 g/mol. The summed E-state index contributed by atoms with van der Waals surface area (Å²) in [4.78, 5) is 0. The van der Waals surface area contributed by atoms with Crippen molar-refractivity contribution in [3.8, 4) is 0 Å². The highest BCUT2D eigenvalue weighted by Crippen LogP contribution is 2.34. The molecule has 0 aliphatic heterocycles. The Morgan fingerprint density at radius 1 is 1.26 bits per heavy atom. The maximum atomic E-state index is 10.4. The SMILES string of the molecule is CCC1CCCC(C(O)Cc2ccc(Cl)c(Cl)c2)C1. The quantitative estimate of drug-likeness (QED) is 0.819. The van der Waals surface area contributed by atoms with Gasteiger partial charge >= 0.3 is 0 Å². The van der Waals surface area contributed by atoms with Crippen molar-refractivity contribution in [3.05, 3.63) is 33.8 Å². The molecule has 1 aromatic rings. The molecular formula is C16H22Cl2O. The van der Waals surface area contributed by atoms with E-state index in [1.165, 1.54) is 25.7 Å². The summed E-state index contributed by atoms with van der Waals surface area (Å²) in [6, 6.07) is 5.63. The molecule has 0 aromatic heterocycles. The van der Waals surface area contributed by atoms with Crippen molar-refractivity contribution in [2.45, 2.75) is 51.6 Å². The molecule has 0 heterocycles. The fourth-order valence-electron chi connectivity index (χ4n) is 3.13. The van der Waals surface area contributed by atoms with E-state index < -0.39 is 0 Å². The molecule has 0 radical (unpaired) electrons. The second kappa shape index (κ2) is 6.97. The van der Waals surface area contributed by atoms with Crippen LogP contribution in [0.25, 0.3) is 0 Å². The fourth-order valence-corrected chi connectivity index (χ4v) is 3.45. The van der Waals surface area contributed by atoms with Crippen molar-refractivity contribution in [2.75, 3.05) is 0 Å². The molecule has 106 valence electrons. The zero-order chi connectivity index (χ0) is 13.8. The van der Waals surface area contributed by atoms with Gasteiger partial charge in [0.1, 0.15) is 0 Å². The first kappa shape index (κ1) is 15.2. The highest BCUT2D eigenvalue weighted by atomic mass is 35.5. The Labute approximate surface area is 125 Å². The standard InChI is InChI=1S/C16H22Cl2O/c1-2-11-4-3-5-13(8-11)16(19)10-12-6-7-14(17)15(18)9-12/h6-7,9,11,13,16,19H,2-5,8,10H2,1H3. The number of rotatable bonds is 4. The van der Waals surface area contributed by atoms with Gasteiger partial charge in [0.15, 0.2) is 0 Å². The van der Waals surface area contributed by atoms with Crippen molar-refractivity contribution in [3.63, 3.8) is 0 Å². The van der Waals surface area contributed by atoms with E-state index in [1.54, 1.807) is 0 Å². The van der Waals surface area contributed by atoms with Gasteiger partial charge in [-0.1, -0.05) is 55.5 Å². The van der Waals surface area contributed by atoms with E-state index in [2.05, 4.69) is 6.92 Å². The molecule has 1 nitrogen and oxygen atoms in total. The minimum absolute atomic E-state index is 0.258. The fraction of sp³-hybridized carbons (Fsp3) is 0.625. The zero-order valence-electron chi connectivity index (χ0n) is 11.4. The molecule has 1 aromatic carbocycles. The highest BCUT2D eigenvalue weighted by molar-refractivity contribution is 6.42. The summed E-state index contributed by atoms with van der Waals surface area (Å²) < 4.78 is 0. The lowest BCUT2D eigenvalue weighted by molar-refractivity contribution is 0.0685. The van der Waals surface area contributed by atoms with E-state index in [-0.39, 0.29) is 6.10 Å². The summed E-state index contributed by atoms with van der Waals surface area (Å²) in [5.41, 5.74) is 1.07. The van der Waals surface area contributed by atoms with Crippen LogP contribution in [-0.4, -0.2) is 11.2 Å². The largest absolute Gasteiger partial charge is 0.392 e. The lowest BCUT2D eigenvalue weighted by Crippen LogP contribution is -2.28. The van der Waals surface area contributed by atoms with E-state index in [1.807, 2.05) is 18.2 Å². The lowest BCUT2D eigenvalue weighted by Gasteiger charge is -2.31. The van der Waals surface area contributed by atoms with Crippen LogP contribution in [0.4, 0.5) is 0 Å². The minimum atomic E-state index is -0.258. The maximum absolute atomic E-state index is 10.4. The number of halogens is 2. The van der Waals surface area contributed by atoms with Crippen LogP contribution in [0.15, 0.2) is 18.2 Å². The average molecular weight is 301 g/mol. The number of benzene rings is 1. The summed E-state index contributed by atoms with van der Waals surface area (Å²) in [6.07, 6.45) is 6.55. The van der Waals surface area contributed by atoms with E-state index in [9.17, 15) is 5.11 Å². The first-order valence-corrected chi connectivity index (χ1v) is 7.97. The van der Waals surface area contributed by atoms with Crippen LogP contribution in [0.1, 0.15) is 44.6 Å². The topological polar surface area (TPSA) is 20.2 Å². The Hall–Kier alpha value is -0.240. The molecule has 1 aliphatic carbocycles. The average Bonchev–Trinajstić information content (AvgIpc) is 2.43. The van der Waals surface area contributed by atoms with Gasteiger partial charge in [-0.15, -0.1) is 0 Å². The van der Waals surface area contributed by atoms with Crippen LogP contribution in [0.2, 0.25) is 10.0 Å². The molecule has 1 fully saturated rings. The molecule has 1 aliphatic rings. The molecule has 1 saturated carbocycles. The van der Waals surface area contributed by atoms with Crippen LogP contribution in [-0.2, 0) is 6.42 Å². The minimum Gasteiger partial charge on any atom is -0.392 e. The van der Waals surface area contributed by atoms with E-state index >= 15 is 0 Å². The van der Waals surface area contributed by atoms with Gasteiger partial charge in [0, 0.05) is 0 Å². The van der Waals surface area contributed by atoms with Crippen molar-refractivity contribution >= 4 is 23.2 Å². The van der Waals surface area contributed by atoms with Gasteiger partial charge in [0.05, 0.1) is 16.1 Å². The first-order chi connectivity index (χ1) is 9.10. The molecule has 0 bridgehead atoms. The first-order valence-electron chi connectivity index (χ1n) is 7.22. The summed E-state index contributed by atoms with van der Waals surface area (Å²) >= 11 is 11.9. The van der Waals surface area contributed by atoms with Crippen LogP contribution >= 0.6 is 23.2 Å². The second-order valence-corrected chi connectivity index (χ2v) is 6.54. The third kappa shape index (κ3) is 4.11. The Morgan fingerprint density at radius 2 is 2.05 bits per heavy atom. The van der Waals surface area contributed by atoms with Crippen LogP contribution in [0.5, 0.6) is 0 Å². The van der Waals surface area contributed by atoms with Gasteiger partial charge in [-0.05, 0) is 48.8 Å². The third-order valence-electron chi connectivity index (χ3n) is 4.37. The van der Waals surface area contributed by atoms with Gasteiger partial charge in [0.2, 0.25) is 0 Å². The zero-order valence-corrected chi connectivity index (χ0v) is 12.9. The Balaban J connectivity index is 1.96.